The van der Waals surface area contributed by atoms with E-state index in [4.69, 9.17) is 0 Å². The van der Waals surface area contributed by atoms with Gasteiger partial charge in [0.2, 0.25) is 0 Å². The molecule has 0 bridgehead atoms. The van der Waals surface area contributed by atoms with Crippen LogP contribution >= 0.6 is 0 Å². The van der Waals surface area contributed by atoms with Gasteiger partial charge in [-0.25, -0.2) is 0 Å². The molecule has 0 aliphatic heterocycles. The minimum absolute atomic E-state index is 0. The molecule has 0 fully saturated rings. The molecule has 15 heavy (non-hydrogen) atoms. The summed E-state index contributed by atoms with van der Waals surface area (Å²) in [6.45, 7) is 13.0. The summed E-state index contributed by atoms with van der Waals surface area (Å²) in [4.78, 5) is 7.65. The van der Waals surface area contributed by atoms with Crippen LogP contribution in [0.4, 0.5) is 11.4 Å². The van der Waals surface area contributed by atoms with Crippen LogP contribution in [-0.2, 0) is 39.1 Å². The Bertz CT molecular complexity index is 308. The maximum atomic E-state index is 3.85. The van der Waals surface area contributed by atoms with Gasteiger partial charge >= 0.3 is 0 Å². The Hall–Kier alpha value is -0.336. The summed E-state index contributed by atoms with van der Waals surface area (Å²) < 4.78 is 0. The summed E-state index contributed by atoms with van der Waals surface area (Å²) in [7, 11) is 0. The minimum atomic E-state index is 0. The normalized spacial score (nSPS) is 7.93. The third kappa shape index (κ3) is 5.34. The molecule has 1 aromatic carbocycles. The molecule has 3 heteroatoms. The van der Waals surface area contributed by atoms with Gasteiger partial charge in [-0.3, -0.25) is 4.99 Å². The van der Waals surface area contributed by atoms with E-state index in [1.807, 2.05) is 19.9 Å². The second kappa shape index (κ2) is 10.2. The van der Waals surface area contributed by atoms with Gasteiger partial charge in [0.25, 0.3) is 0 Å². The zero-order chi connectivity index (χ0) is 11.0. The van der Waals surface area contributed by atoms with Crippen molar-refractivity contribution < 1.29 is 32.7 Å². The SMILES string of the molecule is C=Nc1c[c-]c(CC)cc1N=C.CC.[Y]. The van der Waals surface area contributed by atoms with Gasteiger partial charge in [-0.1, -0.05) is 27.2 Å². The van der Waals surface area contributed by atoms with E-state index in [1.54, 1.807) is 6.07 Å². The van der Waals surface area contributed by atoms with Crippen LogP contribution in [0.5, 0.6) is 0 Å². The molecular weight excluding hydrogens is 261 g/mol. The maximum absolute atomic E-state index is 3.85. The largest absolute Gasteiger partial charge is 0.327 e. The van der Waals surface area contributed by atoms with Crippen molar-refractivity contribution >= 4 is 24.8 Å². The molecule has 0 aliphatic carbocycles. The Morgan fingerprint density at radius 1 is 1.20 bits per heavy atom. The van der Waals surface area contributed by atoms with Gasteiger partial charge in [-0.15, -0.1) is 12.1 Å². The Kier molecular flexibility index (Phi) is 11.6. The second-order valence-corrected chi connectivity index (χ2v) is 2.40. The number of benzene rings is 1. The van der Waals surface area contributed by atoms with Crippen LogP contribution in [0, 0.1) is 6.07 Å². The van der Waals surface area contributed by atoms with Crippen molar-refractivity contribution in [2.75, 3.05) is 0 Å². The molecule has 0 heterocycles. The van der Waals surface area contributed by atoms with E-state index < -0.39 is 0 Å². The molecule has 1 aromatic rings. The Balaban J connectivity index is 0. The van der Waals surface area contributed by atoms with E-state index in [2.05, 4.69) is 36.4 Å². The van der Waals surface area contributed by atoms with Crippen LogP contribution in [0.1, 0.15) is 26.3 Å². The molecule has 0 amide bonds. The molecular formula is C12H17N2Y-. The van der Waals surface area contributed by atoms with Gasteiger partial charge in [0, 0.05) is 32.7 Å². The second-order valence-electron chi connectivity index (χ2n) is 2.40. The van der Waals surface area contributed by atoms with Crippen molar-refractivity contribution in [1.82, 2.24) is 0 Å². The number of nitrogens with zero attached hydrogens (tertiary/aromatic N) is 2. The van der Waals surface area contributed by atoms with Crippen LogP contribution in [0.25, 0.3) is 0 Å². The van der Waals surface area contributed by atoms with E-state index in [1.165, 1.54) is 0 Å². The zero-order valence-electron chi connectivity index (χ0n) is 9.75. The quantitative estimate of drug-likeness (QED) is 0.594. The number of hydrogen-bond donors (Lipinski definition) is 0. The number of hydrogen-bond acceptors (Lipinski definition) is 2. The first-order chi connectivity index (χ1) is 6.81. The third-order valence-corrected chi connectivity index (χ3v) is 1.69. The monoisotopic (exact) mass is 278 g/mol. The predicted octanol–water partition coefficient (Wildman–Crippen LogP) is 3.74. The van der Waals surface area contributed by atoms with E-state index in [9.17, 15) is 0 Å². The molecule has 1 rings (SSSR count). The molecule has 0 saturated heterocycles. The van der Waals surface area contributed by atoms with Crippen LogP contribution < -0.4 is 0 Å². The van der Waals surface area contributed by atoms with Gasteiger partial charge in [0.05, 0.1) is 0 Å². The first kappa shape index (κ1) is 17.1. The summed E-state index contributed by atoms with van der Waals surface area (Å²) in [6.07, 6.45) is 0.944. The van der Waals surface area contributed by atoms with Crippen molar-refractivity contribution in [2.24, 2.45) is 9.98 Å². The van der Waals surface area contributed by atoms with Gasteiger partial charge in [0.1, 0.15) is 0 Å². The molecule has 2 nitrogen and oxygen atoms in total. The van der Waals surface area contributed by atoms with Crippen LogP contribution in [-0.4, -0.2) is 13.4 Å². The fraction of sp³-hybridized carbons (Fsp3) is 0.333. The molecule has 0 aliphatic rings. The summed E-state index contributed by atoms with van der Waals surface area (Å²) in [5, 5.41) is 0. The fourth-order valence-corrected chi connectivity index (χ4v) is 0.973. The number of aliphatic imine (C=N–C) groups is 2. The van der Waals surface area contributed by atoms with E-state index >= 15 is 0 Å². The molecule has 0 unspecified atom stereocenters. The topological polar surface area (TPSA) is 24.7 Å². The van der Waals surface area contributed by atoms with Gasteiger partial charge in [-0.2, -0.15) is 11.6 Å². The van der Waals surface area contributed by atoms with Crippen LogP contribution in [0.2, 0.25) is 0 Å². The van der Waals surface area contributed by atoms with E-state index in [0.717, 1.165) is 23.4 Å². The van der Waals surface area contributed by atoms with Gasteiger partial charge in [0.15, 0.2) is 0 Å². The van der Waals surface area contributed by atoms with Crippen LogP contribution in [0.15, 0.2) is 22.1 Å². The Morgan fingerprint density at radius 3 is 2.13 bits per heavy atom. The average Bonchev–Trinajstić information content (AvgIpc) is 2.30. The molecule has 0 aromatic heterocycles. The first-order valence-electron chi connectivity index (χ1n) is 4.80. The van der Waals surface area contributed by atoms with Gasteiger partial charge in [-0.05, 0) is 24.8 Å². The zero-order valence-corrected chi connectivity index (χ0v) is 12.6. The minimum Gasteiger partial charge on any atom is -0.327 e. The summed E-state index contributed by atoms with van der Waals surface area (Å²) in [5.74, 6) is 0. The van der Waals surface area contributed by atoms with Crippen molar-refractivity contribution in [3.8, 4) is 0 Å². The Labute approximate surface area is 118 Å². The van der Waals surface area contributed by atoms with Gasteiger partial charge < -0.3 is 4.99 Å². The van der Waals surface area contributed by atoms with Crippen LogP contribution in [0.3, 0.4) is 0 Å². The fourth-order valence-electron chi connectivity index (χ4n) is 0.973. The summed E-state index contributed by atoms with van der Waals surface area (Å²) >= 11 is 0. The van der Waals surface area contributed by atoms with Crippen molar-refractivity contribution in [3.63, 3.8) is 0 Å². The molecule has 0 atom stereocenters. The van der Waals surface area contributed by atoms with E-state index in [-0.39, 0.29) is 32.7 Å². The maximum Gasteiger partial charge on any atom is 0 e. The Morgan fingerprint density at radius 2 is 1.73 bits per heavy atom. The van der Waals surface area contributed by atoms with E-state index in [0.29, 0.717) is 0 Å². The molecule has 1 radical (unpaired) electrons. The number of aryl methyl sites for hydroxylation is 1. The molecule has 0 spiro atoms. The molecule has 0 N–H and O–H groups in total. The van der Waals surface area contributed by atoms with Crippen molar-refractivity contribution in [2.45, 2.75) is 27.2 Å². The summed E-state index contributed by atoms with van der Waals surface area (Å²) in [6, 6.07) is 6.81. The standard InChI is InChI=1S/C10H11N2.C2H6.Y/c1-4-8-5-6-9(11-2)10(7-8)12-3;1-2;/h6-7H,2-4H2,1H3;1-2H3;/q-1;;. The summed E-state index contributed by atoms with van der Waals surface area (Å²) in [5.41, 5.74) is 2.63. The first-order valence-corrected chi connectivity index (χ1v) is 4.80. The smallest absolute Gasteiger partial charge is 0 e. The number of rotatable bonds is 3. The van der Waals surface area contributed by atoms with Crippen molar-refractivity contribution in [3.05, 3.63) is 23.8 Å². The molecule has 79 valence electrons. The molecule has 0 saturated carbocycles. The van der Waals surface area contributed by atoms with Crippen molar-refractivity contribution in [1.29, 1.82) is 0 Å². The average molecular weight is 278 g/mol. The predicted molar refractivity (Wildman–Crippen MR) is 64.4 cm³/mol. The third-order valence-electron chi connectivity index (χ3n) is 1.69.